The second-order valence-corrected chi connectivity index (χ2v) is 5.91. The van der Waals surface area contributed by atoms with Gasteiger partial charge in [0.25, 0.3) is 0 Å². The fourth-order valence-electron chi connectivity index (χ4n) is 2.26. The van der Waals surface area contributed by atoms with Gasteiger partial charge in [0.15, 0.2) is 0 Å². The van der Waals surface area contributed by atoms with Crippen molar-refractivity contribution in [2.45, 2.75) is 71.3 Å². The molecular formula is C16H33NO3. The SMILES string of the molecule is CCCCCCCCN(C)CCCC(O)C(C)C(=O)O. The number of carbonyl (C=O) groups is 1. The van der Waals surface area contributed by atoms with E-state index in [9.17, 15) is 9.90 Å². The molecule has 4 heteroatoms. The lowest BCUT2D eigenvalue weighted by Crippen LogP contribution is -2.27. The van der Waals surface area contributed by atoms with Crippen molar-refractivity contribution in [3.8, 4) is 0 Å². The maximum Gasteiger partial charge on any atom is 0.308 e. The first-order chi connectivity index (χ1) is 9.49. The highest BCUT2D eigenvalue weighted by molar-refractivity contribution is 5.70. The van der Waals surface area contributed by atoms with Gasteiger partial charge in [-0.15, -0.1) is 0 Å². The number of rotatable bonds is 13. The normalized spacial score (nSPS) is 14.4. The van der Waals surface area contributed by atoms with E-state index >= 15 is 0 Å². The summed E-state index contributed by atoms with van der Waals surface area (Å²) in [6.45, 7) is 5.81. The molecule has 0 aromatic heterocycles. The van der Waals surface area contributed by atoms with Crippen LogP contribution in [0.25, 0.3) is 0 Å². The van der Waals surface area contributed by atoms with Gasteiger partial charge in [-0.1, -0.05) is 39.0 Å². The third kappa shape index (κ3) is 10.2. The molecule has 2 N–H and O–H groups in total. The van der Waals surface area contributed by atoms with Gasteiger partial charge in [-0.05, 0) is 46.3 Å². The van der Waals surface area contributed by atoms with Crippen LogP contribution in [0.2, 0.25) is 0 Å². The second kappa shape index (κ2) is 12.2. The maximum absolute atomic E-state index is 10.7. The molecule has 0 aromatic carbocycles. The van der Waals surface area contributed by atoms with Crippen molar-refractivity contribution in [2.75, 3.05) is 20.1 Å². The number of aliphatic carboxylic acids is 1. The Morgan fingerprint density at radius 2 is 1.60 bits per heavy atom. The van der Waals surface area contributed by atoms with Crippen molar-refractivity contribution in [2.24, 2.45) is 5.92 Å². The van der Waals surface area contributed by atoms with Crippen LogP contribution in [0, 0.1) is 5.92 Å². The lowest BCUT2D eigenvalue weighted by atomic mass is 10.0. The number of nitrogens with zero attached hydrogens (tertiary/aromatic N) is 1. The zero-order valence-corrected chi connectivity index (χ0v) is 13.5. The van der Waals surface area contributed by atoms with Crippen molar-refractivity contribution in [3.63, 3.8) is 0 Å². The van der Waals surface area contributed by atoms with Crippen molar-refractivity contribution in [3.05, 3.63) is 0 Å². The largest absolute Gasteiger partial charge is 0.481 e. The number of aliphatic hydroxyl groups is 1. The average Bonchev–Trinajstić information content (AvgIpc) is 2.41. The number of hydrogen-bond donors (Lipinski definition) is 2. The van der Waals surface area contributed by atoms with E-state index in [0.29, 0.717) is 6.42 Å². The molecule has 0 radical (unpaired) electrons. The van der Waals surface area contributed by atoms with E-state index in [1.54, 1.807) is 6.92 Å². The molecule has 0 aromatic rings. The van der Waals surface area contributed by atoms with Crippen LogP contribution in [0.1, 0.15) is 65.2 Å². The van der Waals surface area contributed by atoms with E-state index in [0.717, 1.165) is 19.5 Å². The van der Waals surface area contributed by atoms with Gasteiger partial charge in [-0.3, -0.25) is 4.79 Å². The molecule has 0 fully saturated rings. The summed E-state index contributed by atoms with van der Waals surface area (Å²) in [5.41, 5.74) is 0. The number of carboxylic acids is 1. The fraction of sp³-hybridized carbons (Fsp3) is 0.938. The zero-order valence-electron chi connectivity index (χ0n) is 13.5. The Kier molecular flexibility index (Phi) is 11.8. The molecule has 0 aliphatic carbocycles. The summed E-state index contributed by atoms with van der Waals surface area (Å²) in [5, 5.41) is 18.5. The highest BCUT2D eigenvalue weighted by atomic mass is 16.4. The van der Waals surface area contributed by atoms with E-state index in [-0.39, 0.29) is 0 Å². The standard InChI is InChI=1S/C16H33NO3/c1-4-5-6-7-8-9-12-17(3)13-10-11-15(18)14(2)16(19)20/h14-15,18H,4-13H2,1-3H3,(H,19,20). The van der Waals surface area contributed by atoms with Crippen LogP contribution in [0.5, 0.6) is 0 Å². The summed E-state index contributed by atoms with van der Waals surface area (Å²) in [5.74, 6) is -1.59. The van der Waals surface area contributed by atoms with Gasteiger partial charge < -0.3 is 15.1 Å². The summed E-state index contributed by atoms with van der Waals surface area (Å²) >= 11 is 0. The molecule has 120 valence electrons. The smallest absolute Gasteiger partial charge is 0.308 e. The first kappa shape index (κ1) is 19.4. The van der Waals surface area contributed by atoms with E-state index in [4.69, 9.17) is 5.11 Å². The van der Waals surface area contributed by atoms with Crippen LogP contribution in [0.15, 0.2) is 0 Å². The van der Waals surface area contributed by atoms with Gasteiger partial charge in [-0.2, -0.15) is 0 Å². The van der Waals surface area contributed by atoms with Crippen molar-refractivity contribution >= 4 is 5.97 Å². The Bertz CT molecular complexity index is 246. The van der Waals surface area contributed by atoms with E-state index in [1.165, 1.54) is 38.5 Å². The highest BCUT2D eigenvalue weighted by Gasteiger charge is 2.20. The molecule has 0 spiro atoms. The van der Waals surface area contributed by atoms with Gasteiger partial charge in [0.1, 0.15) is 0 Å². The molecule has 0 saturated carbocycles. The minimum absolute atomic E-state index is 0.564. The third-order valence-electron chi connectivity index (χ3n) is 3.90. The molecule has 2 unspecified atom stereocenters. The summed E-state index contributed by atoms with van der Waals surface area (Å²) in [6, 6.07) is 0. The average molecular weight is 287 g/mol. The molecule has 0 aliphatic rings. The van der Waals surface area contributed by atoms with Gasteiger partial charge in [-0.25, -0.2) is 0 Å². The van der Waals surface area contributed by atoms with Crippen molar-refractivity contribution < 1.29 is 15.0 Å². The van der Waals surface area contributed by atoms with Crippen LogP contribution in [0.4, 0.5) is 0 Å². The fourth-order valence-corrected chi connectivity index (χ4v) is 2.26. The number of aliphatic hydroxyl groups excluding tert-OH is 1. The Balaban J connectivity index is 3.49. The van der Waals surface area contributed by atoms with Gasteiger partial charge in [0, 0.05) is 0 Å². The number of unbranched alkanes of at least 4 members (excludes halogenated alkanes) is 5. The Labute approximate surface area is 124 Å². The molecule has 0 rings (SSSR count). The predicted molar refractivity (Wildman–Crippen MR) is 82.9 cm³/mol. The van der Waals surface area contributed by atoms with Gasteiger partial charge >= 0.3 is 5.97 Å². The Morgan fingerprint density at radius 1 is 1.05 bits per heavy atom. The Morgan fingerprint density at radius 3 is 2.20 bits per heavy atom. The molecule has 0 bridgehead atoms. The van der Waals surface area contributed by atoms with Crippen LogP contribution in [-0.2, 0) is 4.79 Å². The minimum atomic E-state index is -0.919. The van der Waals surface area contributed by atoms with E-state index in [2.05, 4.69) is 18.9 Å². The zero-order chi connectivity index (χ0) is 15.4. The monoisotopic (exact) mass is 287 g/mol. The molecule has 0 saturated heterocycles. The molecule has 4 nitrogen and oxygen atoms in total. The quantitative estimate of drug-likeness (QED) is 0.511. The van der Waals surface area contributed by atoms with E-state index < -0.39 is 18.0 Å². The molecule has 2 atom stereocenters. The number of carboxylic acid groups (broad SMARTS) is 1. The van der Waals surface area contributed by atoms with Crippen molar-refractivity contribution in [1.29, 1.82) is 0 Å². The highest BCUT2D eigenvalue weighted by Crippen LogP contribution is 2.10. The summed E-state index contributed by atoms with van der Waals surface area (Å²) in [4.78, 5) is 13.0. The van der Waals surface area contributed by atoms with Crippen LogP contribution in [-0.4, -0.2) is 47.3 Å². The first-order valence-corrected chi connectivity index (χ1v) is 8.08. The third-order valence-corrected chi connectivity index (χ3v) is 3.90. The number of hydrogen-bond acceptors (Lipinski definition) is 3. The topological polar surface area (TPSA) is 60.8 Å². The summed E-state index contributed by atoms with van der Waals surface area (Å²) < 4.78 is 0. The second-order valence-electron chi connectivity index (χ2n) is 5.91. The lowest BCUT2D eigenvalue weighted by Gasteiger charge is -2.19. The van der Waals surface area contributed by atoms with Crippen LogP contribution in [0.3, 0.4) is 0 Å². The van der Waals surface area contributed by atoms with Crippen LogP contribution < -0.4 is 0 Å². The maximum atomic E-state index is 10.7. The minimum Gasteiger partial charge on any atom is -0.481 e. The van der Waals surface area contributed by atoms with Crippen LogP contribution >= 0.6 is 0 Å². The molecule has 0 aliphatic heterocycles. The summed E-state index contributed by atoms with van der Waals surface area (Å²) in [7, 11) is 2.10. The van der Waals surface area contributed by atoms with E-state index in [1.807, 2.05) is 0 Å². The molecule has 0 amide bonds. The first-order valence-electron chi connectivity index (χ1n) is 8.08. The lowest BCUT2D eigenvalue weighted by molar-refractivity contribution is -0.144. The molecule has 0 heterocycles. The predicted octanol–water partition coefficient (Wildman–Crippen LogP) is 3.14. The molecule has 20 heavy (non-hydrogen) atoms. The molecular weight excluding hydrogens is 254 g/mol. The summed E-state index contributed by atoms with van der Waals surface area (Å²) in [6.07, 6.45) is 8.52. The Hall–Kier alpha value is -0.610. The van der Waals surface area contributed by atoms with Crippen molar-refractivity contribution in [1.82, 2.24) is 4.90 Å². The van der Waals surface area contributed by atoms with Gasteiger partial charge in [0.05, 0.1) is 12.0 Å². The van der Waals surface area contributed by atoms with Gasteiger partial charge in [0.2, 0.25) is 0 Å².